The van der Waals surface area contributed by atoms with Crippen LogP contribution in [-0.2, 0) is 0 Å². The standard InChI is InChI=1S/C26H30N4O2/c1-18-16-26(2,3)29(4)23-15-24(32-5)19(14-21(18)23)17-27-28-25(31)20-10-6-7-11-22(20)30-12-8-9-13-30/h6-15,17-18H,16H2,1-5H3,(H,28,31)/b27-17-. The number of hydrogen-bond acceptors (Lipinski definition) is 4. The van der Waals surface area contributed by atoms with Crippen molar-refractivity contribution in [2.24, 2.45) is 5.10 Å². The predicted octanol–water partition coefficient (Wildman–Crippen LogP) is 4.97. The molecule has 1 aliphatic heterocycles. The van der Waals surface area contributed by atoms with Crippen molar-refractivity contribution in [2.45, 2.75) is 38.6 Å². The summed E-state index contributed by atoms with van der Waals surface area (Å²) < 4.78 is 7.55. The largest absolute Gasteiger partial charge is 0.496 e. The van der Waals surface area contributed by atoms with Gasteiger partial charge in [-0.2, -0.15) is 5.10 Å². The SMILES string of the molecule is COc1cc2c(cc1/C=N\NC(=O)c1ccccc1-n1cccc1)C(C)CC(C)(C)N2C. The smallest absolute Gasteiger partial charge is 0.273 e. The summed E-state index contributed by atoms with van der Waals surface area (Å²) in [5.41, 5.74) is 7.37. The Morgan fingerprint density at radius 1 is 1.16 bits per heavy atom. The molecule has 1 aliphatic rings. The van der Waals surface area contributed by atoms with E-state index >= 15 is 0 Å². The first-order valence-corrected chi connectivity index (χ1v) is 10.8. The molecule has 1 atom stereocenters. The fourth-order valence-electron chi connectivity index (χ4n) is 4.50. The Bertz CT molecular complexity index is 1150. The van der Waals surface area contributed by atoms with Gasteiger partial charge in [0.1, 0.15) is 5.75 Å². The number of methoxy groups -OCH3 is 1. The number of carbonyl (C=O) groups is 1. The zero-order valence-corrected chi connectivity index (χ0v) is 19.3. The summed E-state index contributed by atoms with van der Waals surface area (Å²) in [5, 5.41) is 4.24. The molecule has 1 N–H and O–H groups in total. The van der Waals surface area contributed by atoms with Crippen LogP contribution in [0.2, 0.25) is 0 Å². The van der Waals surface area contributed by atoms with Crippen molar-refractivity contribution in [3.8, 4) is 11.4 Å². The number of fused-ring (bicyclic) bond motifs is 1. The number of nitrogens with zero attached hydrogens (tertiary/aromatic N) is 3. The fourth-order valence-corrected chi connectivity index (χ4v) is 4.50. The lowest BCUT2D eigenvalue weighted by atomic mass is 9.80. The molecule has 166 valence electrons. The van der Waals surface area contributed by atoms with Crippen LogP contribution in [0.5, 0.6) is 5.75 Å². The number of aromatic nitrogens is 1. The van der Waals surface area contributed by atoms with E-state index in [1.54, 1.807) is 19.4 Å². The Balaban J connectivity index is 1.59. The van der Waals surface area contributed by atoms with Crippen molar-refractivity contribution < 1.29 is 9.53 Å². The monoisotopic (exact) mass is 430 g/mol. The third kappa shape index (κ3) is 4.00. The Morgan fingerprint density at radius 3 is 2.59 bits per heavy atom. The van der Waals surface area contributed by atoms with Gasteiger partial charge in [0.25, 0.3) is 5.91 Å². The Morgan fingerprint density at radius 2 is 1.88 bits per heavy atom. The van der Waals surface area contributed by atoms with Gasteiger partial charge < -0.3 is 14.2 Å². The molecule has 6 nitrogen and oxygen atoms in total. The van der Waals surface area contributed by atoms with Crippen molar-refractivity contribution in [3.63, 3.8) is 0 Å². The quantitative estimate of drug-likeness (QED) is 0.459. The maximum Gasteiger partial charge on any atom is 0.273 e. The van der Waals surface area contributed by atoms with Gasteiger partial charge in [-0.3, -0.25) is 4.79 Å². The van der Waals surface area contributed by atoms with Crippen molar-refractivity contribution in [2.75, 3.05) is 19.1 Å². The van der Waals surface area contributed by atoms with Crippen molar-refractivity contribution in [1.82, 2.24) is 9.99 Å². The lowest BCUT2D eigenvalue weighted by molar-refractivity contribution is 0.0955. The molecule has 0 radical (unpaired) electrons. The Labute approximate surface area is 189 Å². The molecule has 0 aliphatic carbocycles. The number of hydrazone groups is 1. The van der Waals surface area contributed by atoms with E-state index in [1.165, 1.54) is 11.3 Å². The normalized spacial score (nSPS) is 17.3. The summed E-state index contributed by atoms with van der Waals surface area (Å²) in [6, 6.07) is 15.5. The van der Waals surface area contributed by atoms with Gasteiger partial charge >= 0.3 is 0 Å². The molecule has 1 unspecified atom stereocenters. The maximum atomic E-state index is 12.8. The maximum absolute atomic E-state index is 12.8. The number of para-hydroxylation sites is 1. The average molecular weight is 431 g/mol. The molecule has 2 aromatic carbocycles. The molecule has 0 saturated carbocycles. The van der Waals surface area contributed by atoms with Gasteiger partial charge in [0.15, 0.2) is 0 Å². The van der Waals surface area contributed by atoms with Crippen LogP contribution in [0.4, 0.5) is 5.69 Å². The highest BCUT2D eigenvalue weighted by Gasteiger charge is 2.34. The summed E-state index contributed by atoms with van der Waals surface area (Å²) in [7, 11) is 3.78. The zero-order chi connectivity index (χ0) is 22.9. The first-order valence-electron chi connectivity index (χ1n) is 10.8. The number of ether oxygens (including phenoxy) is 1. The zero-order valence-electron chi connectivity index (χ0n) is 19.3. The van der Waals surface area contributed by atoms with Crippen LogP contribution in [0.25, 0.3) is 5.69 Å². The number of carbonyl (C=O) groups excluding carboxylic acids is 1. The highest BCUT2D eigenvalue weighted by molar-refractivity contribution is 5.98. The molecule has 6 heteroatoms. The number of hydrogen-bond donors (Lipinski definition) is 1. The van der Waals surface area contributed by atoms with Crippen molar-refractivity contribution in [1.29, 1.82) is 0 Å². The van der Waals surface area contributed by atoms with Gasteiger partial charge in [-0.25, -0.2) is 5.43 Å². The Hall–Kier alpha value is -3.54. The van der Waals surface area contributed by atoms with Gasteiger partial charge in [-0.05, 0) is 62.1 Å². The van der Waals surface area contributed by atoms with Gasteiger partial charge in [-0.1, -0.05) is 19.1 Å². The number of benzene rings is 2. The summed E-state index contributed by atoms with van der Waals surface area (Å²) >= 11 is 0. The summed E-state index contributed by atoms with van der Waals surface area (Å²) in [6.45, 7) is 6.77. The minimum Gasteiger partial charge on any atom is -0.496 e. The minimum absolute atomic E-state index is 0.0775. The topological polar surface area (TPSA) is 58.9 Å². The van der Waals surface area contributed by atoms with Crippen LogP contribution in [0, 0.1) is 0 Å². The van der Waals surface area contributed by atoms with Crippen LogP contribution < -0.4 is 15.1 Å². The van der Waals surface area contributed by atoms with E-state index in [9.17, 15) is 4.79 Å². The van der Waals surface area contributed by atoms with E-state index in [2.05, 4.69) is 55.4 Å². The molecule has 0 saturated heterocycles. The molecular formula is C26H30N4O2. The molecule has 4 rings (SSSR count). The average Bonchev–Trinajstić information content (AvgIpc) is 3.32. The molecule has 2 heterocycles. The first kappa shape index (κ1) is 21.7. The molecule has 0 spiro atoms. The van der Waals surface area contributed by atoms with E-state index < -0.39 is 0 Å². The van der Waals surface area contributed by atoms with Gasteiger partial charge in [0.2, 0.25) is 0 Å². The Kier molecular flexibility index (Phi) is 5.78. The summed E-state index contributed by atoms with van der Waals surface area (Å²) in [4.78, 5) is 15.1. The molecular weight excluding hydrogens is 400 g/mol. The second-order valence-corrected chi connectivity index (χ2v) is 8.94. The molecule has 1 aromatic heterocycles. The highest BCUT2D eigenvalue weighted by Crippen LogP contribution is 2.44. The van der Waals surface area contributed by atoms with Crippen LogP contribution >= 0.6 is 0 Å². The van der Waals surface area contributed by atoms with Crippen LogP contribution in [0.15, 0.2) is 66.0 Å². The predicted molar refractivity (Wildman–Crippen MR) is 129 cm³/mol. The number of amides is 1. The highest BCUT2D eigenvalue weighted by atomic mass is 16.5. The lowest BCUT2D eigenvalue weighted by Crippen LogP contribution is -2.45. The van der Waals surface area contributed by atoms with E-state index in [-0.39, 0.29) is 11.4 Å². The van der Waals surface area contributed by atoms with Gasteiger partial charge in [0, 0.05) is 42.3 Å². The van der Waals surface area contributed by atoms with Crippen molar-refractivity contribution in [3.05, 3.63) is 77.6 Å². The van der Waals surface area contributed by atoms with Crippen LogP contribution in [0.1, 0.15) is 54.6 Å². The second-order valence-electron chi connectivity index (χ2n) is 8.94. The van der Waals surface area contributed by atoms with E-state index in [0.717, 1.165) is 23.4 Å². The van der Waals surface area contributed by atoms with Gasteiger partial charge in [-0.15, -0.1) is 0 Å². The molecule has 1 amide bonds. The fraction of sp³-hybridized carbons (Fsp3) is 0.308. The third-order valence-corrected chi connectivity index (χ3v) is 6.39. The van der Waals surface area contributed by atoms with Crippen molar-refractivity contribution >= 4 is 17.8 Å². The number of nitrogens with one attached hydrogen (secondary N) is 1. The summed E-state index contributed by atoms with van der Waals surface area (Å²) in [6.07, 6.45) is 6.54. The van der Waals surface area contributed by atoms with E-state index in [1.807, 2.05) is 47.3 Å². The molecule has 0 bridgehead atoms. The van der Waals surface area contributed by atoms with Crippen LogP contribution in [0.3, 0.4) is 0 Å². The second kappa shape index (κ2) is 8.54. The minimum atomic E-state index is -0.266. The van der Waals surface area contributed by atoms with Gasteiger partial charge in [0.05, 0.1) is 24.6 Å². The first-order chi connectivity index (χ1) is 15.3. The summed E-state index contributed by atoms with van der Waals surface area (Å²) in [5.74, 6) is 0.876. The number of anilines is 1. The molecule has 3 aromatic rings. The lowest BCUT2D eigenvalue weighted by Gasteiger charge is -2.45. The van der Waals surface area contributed by atoms with E-state index in [4.69, 9.17) is 4.74 Å². The third-order valence-electron chi connectivity index (χ3n) is 6.39. The number of rotatable bonds is 5. The van der Waals surface area contributed by atoms with Crippen LogP contribution in [-0.4, -0.2) is 36.4 Å². The van der Waals surface area contributed by atoms with E-state index in [0.29, 0.717) is 11.5 Å². The molecule has 32 heavy (non-hydrogen) atoms. The molecule has 0 fully saturated rings.